The fourth-order valence-electron chi connectivity index (χ4n) is 3.96. The SMILES string of the molecule is CNc1cc(C(=O)N2CCC3(CC2)C(C(=O)O)CC(=O)N3C)ccn1. The lowest BCUT2D eigenvalue weighted by atomic mass is 9.77. The van der Waals surface area contributed by atoms with Crippen LogP contribution in [-0.2, 0) is 9.59 Å². The second-order valence-corrected chi connectivity index (χ2v) is 6.62. The summed E-state index contributed by atoms with van der Waals surface area (Å²) in [6.07, 6.45) is 2.56. The zero-order valence-electron chi connectivity index (χ0n) is 14.4. The Morgan fingerprint density at radius 1 is 1.36 bits per heavy atom. The van der Waals surface area contributed by atoms with E-state index in [0.29, 0.717) is 37.3 Å². The molecule has 8 nitrogen and oxygen atoms in total. The molecule has 2 aliphatic heterocycles. The van der Waals surface area contributed by atoms with Gasteiger partial charge in [-0.3, -0.25) is 14.4 Å². The minimum absolute atomic E-state index is 0.0374. The van der Waals surface area contributed by atoms with Crippen molar-refractivity contribution in [1.29, 1.82) is 0 Å². The van der Waals surface area contributed by atoms with Gasteiger partial charge in [0.25, 0.3) is 5.91 Å². The first-order valence-corrected chi connectivity index (χ1v) is 8.31. The molecule has 3 heterocycles. The molecule has 0 aromatic carbocycles. The van der Waals surface area contributed by atoms with Crippen molar-refractivity contribution < 1.29 is 19.5 Å². The predicted octanol–water partition coefficient (Wildman–Crippen LogP) is 0.661. The van der Waals surface area contributed by atoms with E-state index in [-0.39, 0.29) is 18.2 Å². The van der Waals surface area contributed by atoms with E-state index in [4.69, 9.17) is 0 Å². The second kappa shape index (κ2) is 6.34. The molecule has 2 amide bonds. The van der Waals surface area contributed by atoms with Gasteiger partial charge >= 0.3 is 5.97 Å². The molecule has 8 heteroatoms. The number of hydrogen-bond acceptors (Lipinski definition) is 5. The number of carboxylic acid groups (broad SMARTS) is 1. The van der Waals surface area contributed by atoms with Crippen LogP contribution in [0.4, 0.5) is 5.82 Å². The van der Waals surface area contributed by atoms with Crippen molar-refractivity contribution in [2.24, 2.45) is 5.92 Å². The van der Waals surface area contributed by atoms with E-state index in [1.165, 1.54) is 0 Å². The average Bonchev–Trinajstić information content (AvgIpc) is 2.87. The van der Waals surface area contributed by atoms with Crippen LogP contribution < -0.4 is 5.32 Å². The number of pyridine rings is 1. The summed E-state index contributed by atoms with van der Waals surface area (Å²) in [4.78, 5) is 43.7. The summed E-state index contributed by atoms with van der Waals surface area (Å²) in [5.74, 6) is -1.27. The molecule has 1 unspecified atom stereocenters. The second-order valence-electron chi connectivity index (χ2n) is 6.62. The molecule has 134 valence electrons. The van der Waals surface area contributed by atoms with Gasteiger partial charge in [-0.25, -0.2) is 4.98 Å². The molecule has 0 saturated carbocycles. The summed E-state index contributed by atoms with van der Waals surface area (Å²) in [6, 6.07) is 3.36. The maximum atomic E-state index is 12.7. The summed E-state index contributed by atoms with van der Waals surface area (Å²) < 4.78 is 0. The summed E-state index contributed by atoms with van der Waals surface area (Å²) in [6.45, 7) is 0.856. The largest absolute Gasteiger partial charge is 0.481 e. The molecule has 1 atom stereocenters. The third-order valence-electron chi connectivity index (χ3n) is 5.55. The summed E-state index contributed by atoms with van der Waals surface area (Å²) in [7, 11) is 3.41. The number of rotatable bonds is 3. The van der Waals surface area contributed by atoms with Crippen LogP contribution in [0.25, 0.3) is 0 Å². The van der Waals surface area contributed by atoms with Crippen LogP contribution in [0.5, 0.6) is 0 Å². The number of likely N-dealkylation sites (tertiary alicyclic amines) is 2. The van der Waals surface area contributed by atoms with E-state index < -0.39 is 17.4 Å². The number of carbonyl (C=O) groups is 3. The van der Waals surface area contributed by atoms with Gasteiger partial charge < -0.3 is 20.2 Å². The normalized spacial score (nSPS) is 22.3. The van der Waals surface area contributed by atoms with Crippen LogP contribution in [0.1, 0.15) is 29.6 Å². The van der Waals surface area contributed by atoms with Crippen molar-refractivity contribution in [3.63, 3.8) is 0 Å². The Kier molecular flexibility index (Phi) is 4.36. The minimum Gasteiger partial charge on any atom is -0.481 e. The molecular formula is C17H22N4O4. The summed E-state index contributed by atoms with van der Waals surface area (Å²) >= 11 is 0. The van der Waals surface area contributed by atoms with E-state index in [2.05, 4.69) is 10.3 Å². The number of carbonyl (C=O) groups excluding carboxylic acids is 2. The Balaban J connectivity index is 1.75. The van der Waals surface area contributed by atoms with E-state index in [1.54, 1.807) is 42.2 Å². The summed E-state index contributed by atoms with van der Waals surface area (Å²) in [5.41, 5.74) is -0.144. The Hall–Kier alpha value is -2.64. The lowest BCUT2D eigenvalue weighted by molar-refractivity contribution is -0.145. The highest BCUT2D eigenvalue weighted by molar-refractivity contribution is 5.95. The van der Waals surface area contributed by atoms with Crippen molar-refractivity contribution in [2.75, 3.05) is 32.5 Å². The number of hydrogen-bond donors (Lipinski definition) is 2. The quantitative estimate of drug-likeness (QED) is 0.833. The molecule has 0 bridgehead atoms. The van der Waals surface area contributed by atoms with Gasteiger partial charge in [-0.05, 0) is 25.0 Å². The molecule has 0 radical (unpaired) electrons. The first-order valence-electron chi connectivity index (χ1n) is 8.31. The Morgan fingerprint density at radius 2 is 2.04 bits per heavy atom. The number of anilines is 1. The third-order valence-corrected chi connectivity index (χ3v) is 5.55. The first kappa shape index (κ1) is 17.2. The molecule has 0 aliphatic carbocycles. The van der Waals surface area contributed by atoms with Crippen molar-refractivity contribution >= 4 is 23.6 Å². The fraction of sp³-hybridized carbons (Fsp3) is 0.529. The molecular weight excluding hydrogens is 324 g/mol. The van der Waals surface area contributed by atoms with Gasteiger partial charge in [-0.15, -0.1) is 0 Å². The Labute approximate surface area is 145 Å². The molecule has 2 aliphatic rings. The van der Waals surface area contributed by atoms with Gasteiger partial charge in [0, 0.05) is 45.4 Å². The third kappa shape index (κ3) is 2.81. The zero-order valence-corrected chi connectivity index (χ0v) is 14.4. The number of nitrogens with one attached hydrogen (secondary N) is 1. The number of carboxylic acids is 1. The number of aromatic nitrogens is 1. The molecule has 25 heavy (non-hydrogen) atoms. The van der Waals surface area contributed by atoms with Gasteiger partial charge in [0.05, 0.1) is 11.5 Å². The van der Waals surface area contributed by atoms with Gasteiger partial charge in [-0.2, -0.15) is 0 Å². The fourth-order valence-corrected chi connectivity index (χ4v) is 3.96. The van der Waals surface area contributed by atoms with Gasteiger partial charge in [0.15, 0.2) is 0 Å². The molecule has 2 fully saturated rings. The molecule has 3 rings (SSSR count). The monoisotopic (exact) mass is 346 g/mol. The van der Waals surface area contributed by atoms with E-state index in [0.717, 1.165) is 0 Å². The van der Waals surface area contributed by atoms with E-state index >= 15 is 0 Å². The van der Waals surface area contributed by atoms with Crippen molar-refractivity contribution in [3.8, 4) is 0 Å². The minimum atomic E-state index is -0.940. The van der Waals surface area contributed by atoms with E-state index in [1.807, 2.05) is 0 Å². The number of amides is 2. The average molecular weight is 346 g/mol. The molecule has 1 spiro atoms. The lowest BCUT2D eigenvalue weighted by Crippen LogP contribution is -2.56. The predicted molar refractivity (Wildman–Crippen MR) is 90.2 cm³/mol. The number of piperidine rings is 1. The molecule has 1 aromatic rings. The highest BCUT2D eigenvalue weighted by atomic mass is 16.4. The lowest BCUT2D eigenvalue weighted by Gasteiger charge is -2.45. The smallest absolute Gasteiger partial charge is 0.309 e. The van der Waals surface area contributed by atoms with Crippen LogP contribution in [-0.4, -0.2) is 70.4 Å². The maximum Gasteiger partial charge on any atom is 0.309 e. The van der Waals surface area contributed by atoms with Crippen LogP contribution in [0.15, 0.2) is 18.3 Å². The first-order chi connectivity index (χ1) is 11.9. The highest BCUT2D eigenvalue weighted by Gasteiger charge is 2.55. The van der Waals surface area contributed by atoms with Crippen LogP contribution in [0.2, 0.25) is 0 Å². The summed E-state index contributed by atoms with van der Waals surface area (Å²) in [5, 5.41) is 12.4. The van der Waals surface area contributed by atoms with Crippen LogP contribution in [0, 0.1) is 5.92 Å². The molecule has 2 N–H and O–H groups in total. The maximum absolute atomic E-state index is 12.7. The van der Waals surface area contributed by atoms with Crippen molar-refractivity contribution in [1.82, 2.24) is 14.8 Å². The van der Waals surface area contributed by atoms with Gasteiger partial charge in [-0.1, -0.05) is 0 Å². The van der Waals surface area contributed by atoms with Gasteiger partial charge in [0.2, 0.25) is 5.91 Å². The molecule has 1 aromatic heterocycles. The number of nitrogens with zero attached hydrogens (tertiary/aromatic N) is 3. The van der Waals surface area contributed by atoms with Crippen LogP contribution >= 0.6 is 0 Å². The number of aliphatic carboxylic acids is 1. The highest BCUT2D eigenvalue weighted by Crippen LogP contribution is 2.43. The standard InChI is InChI=1S/C17H22N4O4/c1-18-13-9-11(3-6-19-13)15(23)21-7-4-17(5-8-21)12(16(24)25)10-14(22)20(17)2/h3,6,9,12H,4-5,7-8,10H2,1-2H3,(H,18,19)(H,24,25). The van der Waals surface area contributed by atoms with Gasteiger partial charge in [0.1, 0.15) is 5.82 Å². The zero-order chi connectivity index (χ0) is 18.2. The Bertz CT molecular complexity index is 712. The molecule has 2 saturated heterocycles. The topological polar surface area (TPSA) is 103 Å². The van der Waals surface area contributed by atoms with Crippen molar-refractivity contribution in [2.45, 2.75) is 24.8 Å². The Morgan fingerprint density at radius 3 is 2.64 bits per heavy atom. The van der Waals surface area contributed by atoms with E-state index in [9.17, 15) is 19.5 Å². The van der Waals surface area contributed by atoms with Crippen molar-refractivity contribution in [3.05, 3.63) is 23.9 Å². The van der Waals surface area contributed by atoms with Crippen LogP contribution in [0.3, 0.4) is 0 Å².